The minimum Gasteiger partial charge on any atom is -0.480 e. The van der Waals surface area contributed by atoms with Crippen LogP contribution in [-0.2, 0) is 17.4 Å². The Labute approximate surface area is 111 Å². The highest BCUT2D eigenvalue weighted by atomic mass is 19.4. The lowest BCUT2D eigenvalue weighted by Crippen LogP contribution is -2.34. The Morgan fingerprint density at radius 2 is 1.80 bits per heavy atom. The number of alkyl halides is 3. The molecule has 2 N–H and O–H groups in total. The molecule has 0 heterocycles. The van der Waals surface area contributed by atoms with Crippen molar-refractivity contribution in [3.63, 3.8) is 0 Å². The van der Waals surface area contributed by atoms with Crippen LogP contribution in [0, 0.1) is 11.6 Å². The molecule has 0 aromatic heterocycles. The van der Waals surface area contributed by atoms with E-state index >= 15 is 0 Å². The molecule has 1 aromatic carbocycles. The monoisotopic (exact) mass is 297 g/mol. The van der Waals surface area contributed by atoms with E-state index in [-0.39, 0.29) is 18.4 Å². The van der Waals surface area contributed by atoms with Gasteiger partial charge in [0.15, 0.2) is 0 Å². The molecule has 0 aliphatic carbocycles. The summed E-state index contributed by atoms with van der Waals surface area (Å²) in [5, 5.41) is 11.2. The van der Waals surface area contributed by atoms with Crippen molar-refractivity contribution in [1.29, 1.82) is 0 Å². The van der Waals surface area contributed by atoms with Crippen LogP contribution in [0.15, 0.2) is 12.1 Å². The maximum atomic E-state index is 13.3. The minimum absolute atomic E-state index is 0.00389. The smallest absolute Gasteiger partial charge is 0.422 e. The molecule has 3 nitrogen and oxygen atoms in total. The SMILES string of the molecule is CNC(CCc1cc(F)c(C(F)(F)F)c(F)c1)C(=O)O. The number of hydrogen-bond acceptors (Lipinski definition) is 2. The molecule has 0 spiro atoms. The summed E-state index contributed by atoms with van der Waals surface area (Å²) >= 11 is 0. The summed E-state index contributed by atoms with van der Waals surface area (Å²) < 4.78 is 63.6. The number of aryl methyl sites for hydroxylation is 1. The summed E-state index contributed by atoms with van der Waals surface area (Å²) in [7, 11) is 1.40. The van der Waals surface area contributed by atoms with E-state index in [0.717, 1.165) is 0 Å². The van der Waals surface area contributed by atoms with E-state index in [1.165, 1.54) is 7.05 Å². The number of aliphatic carboxylic acids is 1. The second kappa shape index (κ2) is 6.17. The van der Waals surface area contributed by atoms with Crippen molar-refractivity contribution in [2.75, 3.05) is 7.05 Å². The average molecular weight is 297 g/mol. The molecule has 0 saturated heterocycles. The number of halogens is 5. The first-order chi connectivity index (χ1) is 9.16. The summed E-state index contributed by atoms with van der Waals surface area (Å²) in [5.74, 6) is -4.56. The van der Waals surface area contributed by atoms with Crippen molar-refractivity contribution < 1.29 is 31.9 Å². The first-order valence-electron chi connectivity index (χ1n) is 5.62. The normalized spacial score (nSPS) is 13.3. The van der Waals surface area contributed by atoms with Crippen LogP contribution in [0.3, 0.4) is 0 Å². The quantitative estimate of drug-likeness (QED) is 0.821. The van der Waals surface area contributed by atoms with Crippen molar-refractivity contribution in [2.45, 2.75) is 25.1 Å². The maximum absolute atomic E-state index is 13.3. The number of likely N-dealkylation sites (N-methyl/N-ethyl adjacent to an activating group) is 1. The number of carboxylic acids is 1. The van der Waals surface area contributed by atoms with Crippen LogP contribution >= 0.6 is 0 Å². The first kappa shape index (κ1) is 16.4. The average Bonchev–Trinajstić information content (AvgIpc) is 2.26. The van der Waals surface area contributed by atoms with Gasteiger partial charge in [-0.3, -0.25) is 4.79 Å². The Balaban J connectivity index is 2.92. The fourth-order valence-electron chi connectivity index (χ4n) is 1.74. The fourth-order valence-corrected chi connectivity index (χ4v) is 1.74. The highest BCUT2D eigenvalue weighted by Gasteiger charge is 2.37. The lowest BCUT2D eigenvalue weighted by atomic mass is 10.0. The maximum Gasteiger partial charge on any atom is 0.422 e. The Morgan fingerprint density at radius 1 is 1.30 bits per heavy atom. The van der Waals surface area contributed by atoms with Crippen LogP contribution in [0.2, 0.25) is 0 Å². The molecule has 8 heteroatoms. The van der Waals surface area contributed by atoms with Crippen LogP contribution in [0.4, 0.5) is 22.0 Å². The second-order valence-corrected chi connectivity index (χ2v) is 4.15. The third-order valence-electron chi connectivity index (χ3n) is 2.75. The third kappa shape index (κ3) is 3.89. The molecule has 0 radical (unpaired) electrons. The van der Waals surface area contributed by atoms with E-state index in [4.69, 9.17) is 5.11 Å². The minimum atomic E-state index is -5.11. The zero-order valence-corrected chi connectivity index (χ0v) is 10.4. The molecule has 1 unspecified atom stereocenters. The summed E-state index contributed by atoms with van der Waals surface area (Å²) in [6.45, 7) is 0. The standard InChI is InChI=1S/C12H12F5NO2/c1-18-9(11(19)20)3-2-6-4-7(13)10(8(14)5-6)12(15,16)17/h4-5,9,18H,2-3H2,1H3,(H,19,20). The van der Waals surface area contributed by atoms with Crippen LogP contribution in [-0.4, -0.2) is 24.2 Å². The van der Waals surface area contributed by atoms with Crippen molar-refractivity contribution >= 4 is 5.97 Å². The largest absolute Gasteiger partial charge is 0.480 e. The van der Waals surface area contributed by atoms with Crippen molar-refractivity contribution in [2.24, 2.45) is 0 Å². The lowest BCUT2D eigenvalue weighted by Gasteiger charge is -2.13. The Morgan fingerprint density at radius 3 is 2.15 bits per heavy atom. The van der Waals surface area contributed by atoms with E-state index in [9.17, 15) is 26.7 Å². The van der Waals surface area contributed by atoms with Crippen LogP contribution in [0.5, 0.6) is 0 Å². The molecular weight excluding hydrogens is 285 g/mol. The number of rotatable bonds is 5. The highest BCUT2D eigenvalue weighted by molar-refractivity contribution is 5.73. The van der Waals surface area contributed by atoms with E-state index in [0.29, 0.717) is 12.1 Å². The van der Waals surface area contributed by atoms with Gasteiger partial charge in [0, 0.05) is 0 Å². The molecule has 1 atom stereocenters. The summed E-state index contributed by atoms with van der Waals surface area (Å²) in [5.41, 5.74) is -1.97. The van der Waals surface area contributed by atoms with Crippen LogP contribution in [0.25, 0.3) is 0 Å². The van der Waals surface area contributed by atoms with Gasteiger partial charge in [-0.25, -0.2) is 8.78 Å². The van der Waals surface area contributed by atoms with Crippen molar-refractivity contribution in [3.8, 4) is 0 Å². The molecule has 0 saturated carbocycles. The van der Waals surface area contributed by atoms with Gasteiger partial charge in [0.2, 0.25) is 0 Å². The molecule has 0 fully saturated rings. The van der Waals surface area contributed by atoms with Crippen LogP contribution in [0.1, 0.15) is 17.5 Å². The fraction of sp³-hybridized carbons (Fsp3) is 0.417. The predicted molar refractivity (Wildman–Crippen MR) is 60.2 cm³/mol. The molecule has 112 valence electrons. The predicted octanol–water partition coefficient (Wildman–Crippen LogP) is 2.59. The number of carbonyl (C=O) groups is 1. The zero-order valence-electron chi connectivity index (χ0n) is 10.4. The van der Waals surface area contributed by atoms with E-state index in [1.54, 1.807) is 0 Å². The highest BCUT2D eigenvalue weighted by Crippen LogP contribution is 2.34. The molecule has 1 aromatic rings. The zero-order chi connectivity index (χ0) is 15.5. The molecule has 0 aliphatic rings. The van der Waals surface area contributed by atoms with Gasteiger partial charge in [-0.1, -0.05) is 0 Å². The number of carboxylic acid groups (broad SMARTS) is 1. The van der Waals surface area contributed by atoms with Gasteiger partial charge >= 0.3 is 12.1 Å². The first-order valence-corrected chi connectivity index (χ1v) is 5.62. The molecule has 20 heavy (non-hydrogen) atoms. The third-order valence-corrected chi connectivity index (χ3v) is 2.75. The van der Waals surface area contributed by atoms with Crippen LogP contribution < -0.4 is 5.32 Å². The Kier molecular flexibility index (Phi) is 5.04. The summed E-state index contributed by atoms with van der Waals surface area (Å²) in [6, 6.07) is 0.199. The Hall–Kier alpha value is -1.70. The lowest BCUT2D eigenvalue weighted by molar-refractivity contribution is -0.142. The van der Waals surface area contributed by atoms with E-state index in [2.05, 4.69) is 5.32 Å². The van der Waals surface area contributed by atoms with Gasteiger partial charge < -0.3 is 10.4 Å². The molecule has 1 rings (SSSR count). The van der Waals surface area contributed by atoms with E-state index in [1.807, 2.05) is 0 Å². The van der Waals surface area contributed by atoms with Gasteiger partial charge in [0.1, 0.15) is 23.2 Å². The van der Waals surface area contributed by atoms with E-state index < -0.39 is 35.4 Å². The molecule has 0 amide bonds. The van der Waals surface area contributed by atoms with Crippen molar-refractivity contribution in [1.82, 2.24) is 5.32 Å². The second-order valence-electron chi connectivity index (χ2n) is 4.15. The Bertz CT molecular complexity index is 478. The number of benzene rings is 1. The number of nitrogens with one attached hydrogen (secondary N) is 1. The molecule has 0 bridgehead atoms. The molecular formula is C12H12F5NO2. The van der Waals surface area contributed by atoms with Gasteiger partial charge in [-0.05, 0) is 37.6 Å². The summed E-state index contributed by atoms with van der Waals surface area (Å²) in [6.07, 6.45) is -5.18. The van der Waals surface area contributed by atoms with Gasteiger partial charge in [0.05, 0.1) is 0 Å². The summed E-state index contributed by atoms with van der Waals surface area (Å²) in [4.78, 5) is 10.7. The van der Waals surface area contributed by atoms with Crippen molar-refractivity contribution in [3.05, 3.63) is 34.9 Å². The van der Waals surface area contributed by atoms with Gasteiger partial charge in [-0.2, -0.15) is 13.2 Å². The van der Waals surface area contributed by atoms with Gasteiger partial charge in [-0.15, -0.1) is 0 Å². The molecule has 0 aliphatic heterocycles. The van der Waals surface area contributed by atoms with Gasteiger partial charge in [0.25, 0.3) is 0 Å². The topological polar surface area (TPSA) is 49.3 Å². The number of hydrogen-bond donors (Lipinski definition) is 2.